The molecule has 0 amide bonds. The summed E-state index contributed by atoms with van der Waals surface area (Å²) in [6, 6.07) is 0. The van der Waals surface area contributed by atoms with Gasteiger partial charge in [-0.15, -0.1) is 0 Å². The van der Waals surface area contributed by atoms with Crippen LogP contribution in [0.25, 0.3) is 0 Å². The van der Waals surface area contributed by atoms with E-state index in [1.54, 1.807) is 0 Å². The first-order chi connectivity index (χ1) is 4.68. The molecule has 0 aliphatic heterocycles. The van der Waals surface area contributed by atoms with Crippen molar-refractivity contribution in [1.82, 2.24) is 9.78 Å². The highest BCUT2D eigenvalue weighted by molar-refractivity contribution is 5.01. The van der Waals surface area contributed by atoms with Crippen LogP contribution in [-0.4, -0.2) is 9.78 Å². The summed E-state index contributed by atoms with van der Waals surface area (Å²) in [7, 11) is 0. The normalized spacial score (nSPS) is 9.80. The van der Waals surface area contributed by atoms with Crippen LogP contribution in [0, 0.1) is 6.92 Å². The van der Waals surface area contributed by atoms with Crippen LogP contribution in [0.4, 0.5) is 0 Å². The molecule has 0 bridgehead atoms. The van der Waals surface area contributed by atoms with Crippen molar-refractivity contribution in [2.45, 2.75) is 20.4 Å². The highest BCUT2D eigenvalue weighted by atomic mass is 15.3. The third kappa shape index (κ3) is 1.72. The molecule has 0 atom stereocenters. The molecule has 0 N–H and O–H groups in total. The summed E-state index contributed by atoms with van der Waals surface area (Å²) < 4.78 is 1.89. The third-order valence-corrected chi connectivity index (χ3v) is 1.19. The van der Waals surface area contributed by atoms with E-state index in [0.717, 1.165) is 12.1 Å². The Morgan fingerprint density at radius 1 is 1.80 bits per heavy atom. The Hall–Kier alpha value is -1.05. The number of aromatic nitrogens is 2. The van der Waals surface area contributed by atoms with E-state index < -0.39 is 0 Å². The molecule has 1 aromatic heterocycles. The van der Waals surface area contributed by atoms with Gasteiger partial charge in [0, 0.05) is 6.20 Å². The molecule has 0 saturated heterocycles. The Balaban J connectivity index is 2.67. The lowest BCUT2D eigenvalue weighted by Crippen LogP contribution is -1.97. The minimum atomic E-state index is 0.827. The standard InChI is InChI=1S/C8H12N2/c1-7(2)5-10-6-8(3)4-9-10/h4,6H,1,5H2,2-3H3. The van der Waals surface area contributed by atoms with E-state index in [1.807, 2.05) is 30.9 Å². The lowest BCUT2D eigenvalue weighted by molar-refractivity contribution is 0.678. The number of rotatable bonds is 2. The molecule has 0 spiro atoms. The van der Waals surface area contributed by atoms with Gasteiger partial charge in [-0.3, -0.25) is 4.68 Å². The first-order valence-electron chi connectivity index (χ1n) is 3.32. The molecule has 0 unspecified atom stereocenters. The maximum Gasteiger partial charge on any atom is 0.0614 e. The first-order valence-corrected chi connectivity index (χ1v) is 3.32. The van der Waals surface area contributed by atoms with Gasteiger partial charge in [-0.05, 0) is 19.4 Å². The van der Waals surface area contributed by atoms with Crippen molar-refractivity contribution in [2.75, 3.05) is 0 Å². The summed E-state index contributed by atoms with van der Waals surface area (Å²) in [5.41, 5.74) is 2.32. The third-order valence-electron chi connectivity index (χ3n) is 1.19. The smallest absolute Gasteiger partial charge is 0.0614 e. The van der Waals surface area contributed by atoms with Crippen LogP contribution in [0.15, 0.2) is 24.5 Å². The average Bonchev–Trinajstić information content (AvgIpc) is 2.13. The molecule has 0 radical (unpaired) electrons. The van der Waals surface area contributed by atoms with Crippen LogP contribution < -0.4 is 0 Å². The zero-order valence-electron chi connectivity index (χ0n) is 6.46. The van der Waals surface area contributed by atoms with E-state index in [4.69, 9.17) is 0 Å². The van der Waals surface area contributed by atoms with Crippen molar-refractivity contribution in [1.29, 1.82) is 0 Å². The van der Waals surface area contributed by atoms with E-state index in [-0.39, 0.29) is 0 Å². The highest BCUT2D eigenvalue weighted by Gasteiger charge is 1.91. The Morgan fingerprint density at radius 3 is 2.90 bits per heavy atom. The van der Waals surface area contributed by atoms with E-state index in [9.17, 15) is 0 Å². The van der Waals surface area contributed by atoms with E-state index >= 15 is 0 Å². The molecule has 1 aromatic rings. The van der Waals surface area contributed by atoms with E-state index in [2.05, 4.69) is 11.7 Å². The van der Waals surface area contributed by atoms with Gasteiger partial charge in [-0.1, -0.05) is 12.2 Å². The molecule has 2 nitrogen and oxygen atoms in total. The van der Waals surface area contributed by atoms with Crippen LogP contribution in [-0.2, 0) is 6.54 Å². The molecule has 0 saturated carbocycles. The van der Waals surface area contributed by atoms with E-state index in [0.29, 0.717) is 0 Å². The summed E-state index contributed by atoms with van der Waals surface area (Å²) in [5, 5.41) is 4.11. The lowest BCUT2D eigenvalue weighted by Gasteiger charge is -1.97. The minimum Gasteiger partial charge on any atom is -0.268 e. The molecule has 1 heterocycles. The molecular weight excluding hydrogens is 124 g/mol. The fraction of sp³-hybridized carbons (Fsp3) is 0.375. The van der Waals surface area contributed by atoms with Gasteiger partial charge in [-0.2, -0.15) is 5.10 Å². The second kappa shape index (κ2) is 2.69. The second-order valence-electron chi connectivity index (χ2n) is 2.67. The van der Waals surface area contributed by atoms with Crippen molar-refractivity contribution in [3.8, 4) is 0 Å². The van der Waals surface area contributed by atoms with Gasteiger partial charge >= 0.3 is 0 Å². The molecule has 2 heteroatoms. The molecule has 1 rings (SSSR count). The maximum atomic E-state index is 4.11. The fourth-order valence-corrected chi connectivity index (χ4v) is 0.830. The molecule has 10 heavy (non-hydrogen) atoms. The first kappa shape index (κ1) is 7.06. The molecule has 0 aliphatic carbocycles. The minimum absolute atomic E-state index is 0.827. The topological polar surface area (TPSA) is 17.8 Å². The summed E-state index contributed by atoms with van der Waals surface area (Å²) in [5.74, 6) is 0. The highest BCUT2D eigenvalue weighted by Crippen LogP contribution is 1.97. The Morgan fingerprint density at radius 2 is 2.50 bits per heavy atom. The second-order valence-corrected chi connectivity index (χ2v) is 2.67. The van der Waals surface area contributed by atoms with Gasteiger partial charge < -0.3 is 0 Å². The lowest BCUT2D eigenvalue weighted by atomic mass is 10.3. The monoisotopic (exact) mass is 136 g/mol. The van der Waals surface area contributed by atoms with Crippen LogP contribution in [0.1, 0.15) is 12.5 Å². The van der Waals surface area contributed by atoms with Gasteiger partial charge in [0.05, 0.1) is 12.7 Å². The molecule has 0 aromatic carbocycles. The largest absolute Gasteiger partial charge is 0.268 e. The van der Waals surface area contributed by atoms with Crippen LogP contribution in [0.2, 0.25) is 0 Å². The predicted molar refractivity (Wildman–Crippen MR) is 41.8 cm³/mol. The molecule has 54 valence electrons. The van der Waals surface area contributed by atoms with Gasteiger partial charge in [0.25, 0.3) is 0 Å². The summed E-state index contributed by atoms with van der Waals surface area (Å²) in [6.07, 6.45) is 3.86. The van der Waals surface area contributed by atoms with Gasteiger partial charge in [0.15, 0.2) is 0 Å². The molecule has 0 fully saturated rings. The van der Waals surface area contributed by atoms with Gasteiger partial charge in [-0.25, -0.2) is 0 Å². The Kier molecular flexibility index (Phi) is 1.90. The van der Waals surface area contributed by atoms with Crippen molar-refractivity contribution >= 4 is 0 Å². The predicted octanol–water partition coefficient (Wildman–Crippen LogP) is 1.77. The van der Waals surface area contributed by atoms with Gasteiger partial charge in [0.1, 0.15) is 0 Å². The average molecular weight is 136 g/mol. The van der Waals surface area contributed by atoms with Gasteiger partial charge in [0.2, 0.25) is 0 Å². The zero-order valence-corrected chi connectivity index (χ0v) is 6.46. The Bertz CT molecular complexity index is 235. The van der Waals surface area contributed by atoms with E-state index in [1.165, 1.54) is 5.56 Å². The quantitative estimate of drug-likeness (QED) is 0.566. The van der Waals surface area contributed by atoms with Crippen LogP contribution >= 0.6 is 0 Å². The molecular formula is C8H12N2. The number of hydrogen-bond acceptors (Lipinski definition) is 1. The van der Waals surface area contributed by atoms with Crippen molar-refractivity contribution in [2.24, 2.45) is 0 Å². The zero-order chi connectivity index (χ0) is 7.56. The summed E-state index contributed by atoms with van der Waals surface area (Å²) in [6.45, 7) is 8.65. The fourth-order valence-electron chi connectivity index (χ4n) is 0.830. The van der Waals surface area contributed by atoms with Crippen LogP contribution in [0.3, 0.4) is 0 Å². The number of hydrogen-bond donors (Lipinski definition) is 0. The van der Waals surface area contributed by atoms with Crippen LogP contribution in [0.5, 0.6) is 0 Å². The van der Waals surface area contributed by atoms with Crippen molar-refractivity contribution in [3.63, 3.8) is 0 Å². The SMILES string of the molecule is C=C(C)Cn1cc(C)cn1. The number of aryl methyl sites for hydroxylation is 1. The van der Waals surface area contributed by atoms with Crippen molar-refractivity contribution < 1.29 is 0 Å². The maximum absolute atomic E-state index is 4.11. The summed E-state index contributed by atoms with van der Waals surface area (Å²) in [4.78, 5) is 0. The Labute approximate surface area is 61.2 Å². The number of allylic oxidation sites excluding steroid dienone is 1. The number of nitrogens with zero attached hydrogens (tertiary/aromatic N) is 2. The van der Waals surface area contributed by atoms with Crippen molar-refractivity contribution in [3.05, 3.63) is 30.1 Å². The summed E-state index contributed by atoms with van der Waals surface area (Å²) >= 11 is 0. The molecule has 0 aliphatic rings.